The molecule has 16 heavy (non-hydrogen) atoms. The molecule has 0 fully saturated rings. The van der Waals surface area contributed by atoms with Gasteiger partial charge in [-0.05, 0) is 43.8 Å². The summed E-state index contributed by atoms with van der Waals surface area (Å²) >= 11 is 6.13. The van der Waals surface area contributed by atoms with E-state index in [1.165, 1.54) is 5.69 Å². The molecule has 0 saturated heterocycles. The summed E-state index contributed by atoms with van der Waals surface area (Å²) in [5.74, 6) is 0. The van der Waals surface area contributed by atoms with Crippen molar-refractivity contribution in [3.05, 3.63) is 52.8 Å². The maximum Gasteiger partial charge on any atom is 0.0467 e. The van der Waals surface area contributed by atoms with Gasteiger partial charge in [0.05, 0.1) is 0 Å². The minimum absolute atomic E-state index is 0.807. The lowest BCUT2D eigenvalue weighted by molar-refractivity contribution is 0.768. The van der Waals surface area contributed by atoms with Crippen LogP contribution in [0.15, 0.2) is 36.5 Å². The molecule has 0 bridgehead atoms. The highest BCUT2D eigenvalue weighted by atomic mass is 35.5. The first-order valence-corrected chi connectivity index (χ1v) is 5.67. The number of aromatic nitrogens is 1. The molecular formula is C13H15ClN2. The van der Waals surface area contributed by atoms with E-state index in [0.29, 0.717) is 0 Å². The standard InChI is InChI=1S/C13H15ClN2/c1-10-5-6-11(8-13(10)14)16-7-3-4-12(16)9-15-2/h3-8,15H,9H2,1-2H3. The molecule has 0 amide bonds. The Morgan fingerprint density at radius 2 is 2.12 bits per heavy atom. The first-order chi connectivity index (χ1) is 7.72. The Hall–Kier alpha value is -1.25. The van der Waals surface area contributed by atoms with Crippen LogP contribution in [0.5, 0.6) is 0 Å². The fourth-order valence-corrected chi connectivity index (χ4v) is 1.90. The van der Waals surface area contributed by atoms with E-state index in [0.717, 1.165) is 22.8 Å². The topological polar surface area (TPSA) is 17.0 Å². The predicted octanol–water partition coefficient (Wildman–Crippen LogP) is 3.16. The predicted molar refractivity (Wildman–Crippen MR) is 68.3 cm³/mol. The quantitative estimate of drug-likeness (QED) is 0.863. The van der Waals surface area contributed by atoms with Crippen LogP contribution in [0.3, 0.4) is 0 Å². The second-order valence-corrected chi connectivity index (χ2v) is 4.24. The Bertz CT molecular complexity index is 488. The number of nitrogens with zero attached hydrogens (tertiary/aromatic N) is 1. The minimum Gasteiger partial charge on any atom is -0.320 e. The van der Waals surface area contributed by atoms with E-state index in [1.54, 1.807) is 0 Å². The van der Waals surface area contributed by atoms with E-state index >= 15 is 0 Å². The van der Waals surface area contributed by atoms with Crippen LogP contribution >= 0.6 is 11.6 Å². The highest BCUT2D eigenvalue weighted by molar-refractivity contribution is 6.31. The van der Waals surface area contributed by atoms with Gasteiger partial charge >= 0.3 is 0 Å². The summed E-state index contributed by atoms with van der Waals surface area (Å²) in [5.41, 5.74) is 3.43. The van der Waals surface area contributed by atoms with Gasteiger partial charge in [0, 0.05) is 29.1 Å². The third-order valence-electron chi connectivity index (χ3n) is 2.62. The Kier molecular flexibility index (Phi) is 3.32. The van der Waals surface area contributed by atoms with E-state index in [4.69, 9.17) is 11.6 Å². The zero-order valence-corrected chi connectivity index (χ0v) is 10.3. The Morgan fingerprint density at radius 3 is 2.81 bits per heavy atom. The molecule has 0 saturated carbocycles. The highest BCUT2D eigenvalue weighted by Crippen LogP contribution is 2.20. The molecule has 0 radical (unpaired) electrons. The number of rotatable bonds is 3. The van der Waals surface area contributed by atoms with Gasteiger partial charge < -0.3 is 9.88 Å². The molecule has 0 aliphatic heterocycles. The summed E-state index contributed by atoms with van der Waals surface area (Å²) in [5, 5.41) is 3.96. The number of halogens is 1. The lowest BCUT2D eigenvalue weighted by Crippen LogP contribution is -2.09. The van der Waals surface area contributed by atoms with Crippen LogP contribution in [0.1, 0.15) is 11.3 Å². The summed E-state index contributed by atoms with van der Waals surface area (Å²) in [6, 6.07) is 10.3. The molecule has 0 spiro atoms. The molecule has 0 atom stereocenters. The van der Waals surface area contributed by atoms with Gasteiger partial charge in [-0.2, -0.15) is 0 Å². The average molecular weight is 235 g/mol. The monoisotopic (exact) mass is 234 g/mol. The number of hydrogen-bond acceptors (Lipinski definition) is 1. The minimum atomic E-state index is 0.807. The smallest absolute Gasteiger partial charge is 0.0467 e. The molecule has 1 N–H and O–H groups in total. The first kappa shape index (κ1) is 11.2. The fourth-order valence-electron chi connectivity index (χ4n) is 1.72. The Labute approximate surface area is 101 Å². The summed E-state index contributed by atoms with van der Waals surface area (Å²) in [4.78, 5) is 0. The maximum atomic E-state index is 6.13. The van der Waals surface area contributed by atoms with Crippen LogP contribution in [0.2, 0.25) is 5.02 Å². The third kappa shape index (κ3) is 2.13. The highest BCUT2D eigenvalue weighted by Gasteiger charge is 2.03. The molecule has 0 unspecified atom stereocenters. The lowest BCUT2D eigenvalue weighted by Gasteiger charge is -2.10. The first-order valence-electron chi connectivity index (χ1n) is 5.29. The van der Waals surface area contributed by atoms with E-state index < -0.39 is 0 Å². The number of nitrogens with one attached hydrogen (secondary N) is 1. The SMILES string of the molecule is CNCc1cccn1-c1ccc(C)c(Cl)c1. The molecule has 2 rings (SSSR count). The number of hydrogen-bond donors (Lipinski definition) is 1. The Morgan fingerprint density at radius 1 is 1.31 bits per heavy atom. The maximum absolute atomic E-state index is 6.13. The van der Waals surface area contributed by atoms with Crippen LogP contribution in [0, 0.1) is 6.92 Å². The van der Waals surface area contributed by atoms with Crippen molar-refractivity contribution in [1.29, 1.82) is 0 Å². The van der Waals surface area contributed by atoms with Gasteiger partial charge in [0.15, 0.2) is 0 Å². The van der Waals surface area contributed by atoms with Gasteiger partial charge in [-0.25, -0.2) is 0 Å². The van der Waals surface area contributed by atoms with Gasteiger partial charge in [0.1, 0.15) is 0 Å². The molecule has 1 heterocycles. The lowest BCUT2D eigenvalue weighted by atomic mass is 10.2. The summed E-state index contributed by atoms with van der Waals surface area (Å²) in [6.45, 7) is 2.86. The largest absolute Gasteiger partial charge is 0.320 e. The van der Waals surface area contributed by atoms with Crippen molar-refractivity contribution in [2.24, 2.45) is 0 Å². The molecule has 2 aromatic rings. The van der Waals surface area contributed by atoms with Crippen molar-refractivity contribution in [2.45, 2.75) is 13.5 Å². The number of aryl methyl sites for hydroxylation is 1. The Balaban J connectivity index is 2.42. The van der Waals surface area contributed by atoms with Crippen LogP contribution in [-0.2, 0) is 6.54 Å². The molecular weight excluding hydrogens is 220 g/mol. The van der Waals surface area contributed by atoms with Gasteiger partial charge in [-0.1, -0.05) is 17.7 Å². The van der Waals surface area contributed by atoms with Gasteiger partial charge in [0.25, 0.3) is 0 Å². The van der Waals surface area contributed by atoms with Crippen LogP contribution in [-0.4, -0.2) is 11.6 Å². The van der Waals surface area contributed by atoms with E-state index in [1.807, 2.05) is 38.4 Å². The van der Waals surface area contributed by atoms with Crippen molar-refractivity contribution in [3.8, 4) is 5.69 Å². The second kappa shape index (κ2) is 4.73. The third-order valence-corrected chi connectivity index (χ3v) is 3.03. The molecule has 3 heteroatoms. The molecule has 2 nitrogen and oxygen atoms in total. The molecule has 1 aromatic heterocycles. The van der Waals surface area contributed by atoms with Crippen molar-refractivity contribution in [3.63, 3.8) is 0 Å². The van der Waals surface area contributed by atoms with Gasteiger partial charge in [-0.3, -0.25) is 0 Å². The van der Waals surface area contributed by atoms with E-state index in [2.05, 4.69) is 22.0 Å². The van der Waals surface area contributed by atoms with Crippen molar-refractivity contribution in [2.75, 3.05) is 7.05 Å². The normalized spacial score (nSPS) is 10.7. The number of benzene rings is 1. The zero-order chi connectivity index (χ0) is 11.5. The van der Waals surface area contributed by atoms with E-state index in [-0.39, 0.29) is 0 Å². The van der Waals surface area contributed by atoms with Crippen molar-refractivity contribution in [1.82, 2.24) is 9.88 Å². The molecule has 84 valence electrons. The van der Waals surface area contributed by atoms with Crippen LogP contribution in [0.25, 0.3) is 5.69 Å². The zero-order valence-electron chi connectivity index (χ0n) is 9.50. The van der Waals surface area contributed by atoms with Gasteiger partial charge in [-0.15, -0.1) is 0 Å². The molecule has 0 aliphatic carbocycles. The van der Waals surface area contributed by atoms with Crippen molar-refractivity contribution >= 4 is 11.6 Å². The fraction of sp³-hybridized carbons (Fsp3) is 0.231. The molecule has 0 aliphatic rings. The van der Waals surface area contributed by atoms with Crippen LogP contribution in [0.4, 0.5) is 0 Å². The second-order valence-electron chi connectivity index (χ2n) is 3.83. The summed E-state index contributed by atoms with van der Waals surface area (Å²) in [7, 11) is 1.94. The van der Waals surface area contributed by atoms with Crippen LogP contribution < -0.4 is 5.32 Å². The van der Waals surface area contributed by atoms with Crippen molar-refractivity contribution < 1.29 is 0 Å². The molecule has 1 aromatic carbocycles. The average Bonchev–Trinajstić information content (AvgIpc) is 2.71. The van der Waals surface area contributed by atoms with E-state index in [9.17, 15) is 0 Å². The summed E-state index contributed by atoms with van der Waals surface area (Å²) < 4.78 is 2.14. The summed E-state index contributed by atoms with van der Waals surface area (Å²) in [6.07, 6.45) is 2.05. The van der Waals surface area contributed by atoms with Gasteiger partial charge in [0.2, 0.25) is 0 Å².